The van der Waals surface area contributed by atoms with Gasteiger partial charge in [0.15, 0.2) is 0 Å². The first-order valence-electron chi connectivity index (χ1n) is 8.65. The third-order valence-electron chi connectivity index (χ3n) is 4.54. The summed E-state index contributed by atoms with van der Waals surface area (Å²) in [6.07, 6.45) is 12.2. The van der Waals surface area contributed by atoms with Gasteiger partial charge in [-0.15, -0.1) is 0 Å². The Labute approximate surface area is 120 Å². The second-order valence-corrected chi connectivity index (χ2v) is 6.14. The molecule has 2 heteroatoms. The van der Waals surface area contributed by atoms with Crippen LogP contribution in [0.15, 0.2) is 0 Å². The van der Waals surface area contributed by atoms with Crippen molar-refractivity contribution in [2.45, 2.75) is 90.7 Å². The predicted octanol–water partition coefficient (Wildman–Crippen LogP) is 4.53. The molecule has 1 rings (SSSR count). The van der Waals surface area contributed by atoms with Gasteiger partial charge in [0.05, 0.1) is 6.10 Å². The van der Waals surface area contributed by atoms with Gasteiger partial charge in [-0.3, -0.25) is 0 Å². The minimum atomic E-state index is 0.558. The summed E-state index contributed by atoms with van der Waals surface area (Å²) in [5.41, 5.74) is 0. The number of hydrogen-bond acceptors (Lipinski definition) is 2. The molecule has 1 saturated carbocycles. The van der Waals surface area contributed by atoms with Crippen molar-refractivity contribution >= 4 is 0 Å². The lowest BCUT2D eigenvalue weighted by Gasteiger charge is -2.28. The Bertz CT molecular complexity index is 207. The third kappa shape index (κ3) is 7.31. The number of hydrogen-bond donors (Lipinski definition) is 1. The van der Waals surface area contributed by atoms with Crippen LogP contribution in [0.25, 0.3) is 0 Å². The number of ether oxygens (including phenoxy) is 1. The highest BCUT2D eigenvalue weighted by molar-refractivity contribution is 4.72. The molecule has 0 amide bonds. The highest BCUT2D eigenvalue weighted by atomic mass is 16.5. The van der Waals surface area contributed by atoms with Crippen molar-refractivity contribution in [3.63, 3.8) is 0 Å². The summed E-state index contributed by atoms with van der Waals surface area (Å²) in [5.74, 6) is 0.924. The van der Waals surface area contributed by atoms with Crippen LogP contribution in [0.2, 0.25) is 0 Å². The largest absolute Gasteiger partial charge is 0.378 e. The molecule has 0 aliphatic heterocycles. The molecule has 0 saturated heterocycles. The molecule has 0 aromatic heterocycles. The van der Waals surface area contributed by atoms with Gasteiger partial charge in [0.2, 0.25) is 0 Å². The highest BCUT2D eigenvalue weighted by Gasteiger charge is 2.20. The molecular weight excluding hydrogens is 234 g/mol. The Morgan fingerprint density at radius 2 is 2.05 bits per heavy atom. The zero-order valence-corrected chi connectivity index (χ0v) is 13.4. The van der Waals surface area contributed by atoms with E-state index in [1.54, 1.807) is 0 Å². The summed E-state index contributed by atoms with van der Waals surface area (Å²) in [6, 6.07) is 0.693. The Balaban J connectivity index is 2.05. The Hall–Kier alpha value is -0.0800. The van der Waals surface area contributed by atoms with E-state index in [0.717, 1.165) is 19.1 Å². The van der Waals surface area contributed by atoms with E-state index in [9.17, 15) is 0 Å². The molecule has 2 nitrogen and oxygen atoms in total. The van der Waals surface area contributed by atoms with E-state index in [2.05, 4.69) is 26.1 Å². The van der Waals surface area contributed by atoms with Crippen molar-refractivity contribution in [1.29, 1.82) is 0 Å². The van der Waals surface area contributed by atoms with E-state index >= 15 is 0 Å². The van der Waals surface area contributed by atoms with E-state index < -0.39 is 0 Å². The van der Waals surface area contributed by atoms with Gasteiger partial charge < -0.3 is 10.1 Å². The van der Waals surface area contributed by atoms with Crippen LogP contribution in [0.3, 0.4) is 0 Å². The molecule has 0 bridgehead atoms. The van der Waals surface area contributed by atoms with Crippen LogP contribution in [-0.4, -0.2) is 25.3 Å². The van der Waals surface area contributed by atoms with Gasteiger partial charge in [-0.05, 0) is 51.0 Å². The summed E-state index contributed by atoms with van der Waals surface area (Å²) in [6.45, 7) is 8.95. The lowest BCUT2D eigenvalue weighted by molar-refractivity contribution is 0.0100. The van der Waals surface area contributed by atoms with Crippen LogP contribution in [0.1, 0.15) is 78.6 Å². The van der Waals surface area contributed by atoms with Crippen molar-refractivity contribution < 1.29 is 4.74 Å². The van der Waals surface area contributed by atoms with Crippen molar-refractivity contribution in [3.05, 3.63) is 0 Å². The monoisotopic (exact) mass is 269 g/mol. The fourth-order valence-corrected chi connectivity index (χ4v) is 3.14. The maximum atomic E-state index is 6.09. The fourth-order valence-electron chi connectivity index (χ4n) is 3.14. The number of rotatable bonds is 10. The smallest absolute Gasteiger partial charge is 0.0577 e. The molecular formula is C17H35NO. The zero-order chi connectivity index (χ0) is 13.9. The average Bonchev–Trinajstić information content (AvgIpc) is 2.47. The Morgan fingerprint density at radius 3 is 2.74 bits per heavy atom. The van der Waals surface area contributed by atoms with Crippen molar-refractivity contribution in [1.82, 2.24) is 5.32 Å². The predicted molar refractivity (Wildman–Crippen MR) is 83.6 cm³/mol. The molecule has 0 aromatic carbocycles. The molecule has 114 valence electrons. The van der Waals surface area contributed by atoms with E-state index in [0.29, 0.717) is 12.1 Å². The lowest BCUT2D eigenvalue weighted by Crippen LogP contribution is -2.29. The molecule has 0 aromatic rings. The van der Waals surface area contributed by atoms with Crippen molar-refractivity contribution in [2.75, 3.05) is 13.2 Å². The Kier molecular flexibility index (Phi) is 9.54. The molecule has 1 fully saturated rings. The fraction of sp³-hybridized carbons (Fsp3) is 1.00. The Morgan fingerprint density at radius 1 is 1.21 bits per heavy atom. The van der Waals surface area contributed by atoms with Crippen LogP contribution in [0, 0.1) is 5.92 Å². The van der Waals surface area contributed by atoms with E-state index in [1.165, 1.54) is 57.8 Å². The quantitative estimate of drug-likeness (QED) is 0.588. The number of nitrogens with one attached hydrogen (secondary N) is 1. The minimum Gasteiger partial charge on any atom is -0.378 e. The van der Waals surface area contributed by atoms with Gasteiger partial charge in [0.25, 0.3) is 0 Å². The van der Waals surface area contributed by atoms with E-state index in [4.69, 9.17) is 4.74 Å². The summed E-state index contributed by atoms with van der Waals surface area (Å²) in [7, 11) is 0. The summed E-state index contributed by atoms with van der Waals surface area (Å²) in [5, 5.41) is 3.62. The van der Waals surface area contributed by atoms with E-state index in [1.807, 2.05) is 0 Å². The molecule has 1 N–H and O–H groups in total. The normalized spacial score (nSPS) is 25.4. The first-order chi connectivity index (χ1) is 9.30. The van der Waals surface area contributed by atoms with Crippen LogP contribution in [0.5, 0.6) is 0 Å². The summed E-state index contributed by atoms with van der Waals surface area (Å²) >= 11 is 0. The maximum Gasteiger partial charge on any atom is 0.0577 e. The summed E-state index contributed by atoms with van der Waals surface area (Å²) < 4.78 is 6.09. The van der Waals surface area contributed by atoms with Gasteiger partial charge >= 0.3 is 0 Å². The molecule has 0 spiro atoms. The van der Waals surface area contributed by atoms with Gasteiger partial charge in [0, 0.05) is 12.6 Å². The second kappa shape index (κ2) is 10.7. The highest BCUT2D eigenvalue weighted by Crippen LogP contribution is 2.28. The average molecular weight is 269 g/mol. The van der Waals surface area contributed by atoms with Gasteiger partial charge in [-0.2, -0.15) is 0 Å². The molecule has 0 heterocycles. The van der Waals surface area contributed by atoms with Crippen LogP contribution in [0.4, 0.5) is 0 Å². The molecule has 19 heavy (non-hydrogen) atoms. The van der Waals surface area contributed by atoms with E-state index in [-0.39, 0.29) is 0 Å². The zero-order valence-electron chi connectivity index (χ0n) is 13.4. The first-order valence-corrected chi connectivity index (χ1v) is 8.65. The molecule has 3 unspecified atom stereocenters. The first kappa shape index (κ1) is 17.0. The van der Waals surface area contributed by atoms with Gasteiger partial charge in [0.1, 0.15) is 0 Å². The third-order valence-corrected chi connectivity index (χ3v) is 4.54. The SMILES string of the molecule is CCCNC(CC)CCCOC1CCCC(CC)C1. The van der Waals surface area contributed by atoms with Crippen LogP contribution in [-0.2, 0) is 4.74 Å². The standard InChI is InChI=1S/C17H35NO/c1-4-12-18-16(6-3)10-8-13-19-17-11-7-9-15(5-2)14-17/h15-18H,4-14H2,1-3H3. The summed E-state index contributed by atoms with van der Waals surface area (Å²) in [4.78, 5) is 0. The van der Waals surface area contributed by atoms with Gasteiger partial charge in [-0.1, -0.05) is 40.0 Å². The topological polar surface area (TPSA) is 21.3 Å². The second-order valence-electron chi connectivity index (χ2n) is 6.14. The molecule has 3 atom stereocenters. The van der Waals surface area contributed by atoms with Crippen molar-refractivity contribution in [2.24, 2.45) is 5.92 Å². The van der Waals surface area contributed by atoms with Crippen LogP contribution < -0.4 is 5.32 Å². The minimum absolute atomic E-state index is 0.558. The molecule has 1 aliphatic carbocycles. The lowest BCUT2D eigenvalue weighted by atomic mass is 9.85. The van der Waals surface area contributed by atoms with Gasteiger partial charge in [-0.25, -0.2) is 0 Å². The molecule has 0 radical (unpaired) electrons. The maximum absolute atomic E-state index is 6.09. The van der Waals surface area contributed by atoms with Crippen molar-refractivity contribution in [3.8, 4) is 0 Å². The molecule has 1 aliphatic rings. The van der Waals surface area contributed by atoms with Crippen LogP contribution >= 0.6 is 0 Å².